The molecule has 0 radical (unpaired) electrons. The van der Waals surface area contributed by atoms with E-state index in [9.17, 15) is 4.79 Å². The fourth-order valence-corrected chi connectivity index (χ4v) is 1.25. The van der Waals surface area contributed by atoms with Crippen LogP contribution >= 0.6 is 0 Å². The van der Waals surface area contributed by atoms with E-state index >= 15 is 0 Å². The molecule has 0 aliphatic heterocycles. The molecule has 6 nitrogen and oxygen atoms in total. The van der Waals surface area contributed by atoms with E-state index < -0.39 is 0 Å². The van der Waals surface area contributed by atoms with Gasteiger partial charge in [0.15, 0.2) is 0 Å². The van der Waals surface area contributed by atoms with E-state index in [0.29, 0.717) is 17.9 Å². The summed E-state index contributed by atoms with van der Waals surface area (Å²) in [5, 5.41) is 7.48. The van der Waals surface area contributed by atoms with Crippen molar-refractivity contribution in [3.8, 4) is 5.69 Å². The highest BCUT2D eigenvalue weighted by atomic mass is 16.2. The van der Waals surface area contributed by atoms with Gasteiger partial charge in [-0.25, -0.2) is 4.79 Å². The van der Waals surface area contributed by atoms with Crippen molar-refractivity contribution in [2.75, 3.05) is 5.73 Å². The van der Waals surface area contributed by atoms with Gasteiger partial charge in [-0.1, -0.05) is 0 Å². The standard InChI is InChI=1S/C9H11N5O/c1-2-13-9(15)14(12-11-13)8-5-3-7(10)4-6-8/h3-6H,2,10H2,1H3. The van der Waals surface area contributed by atoms with Gasteiger partial charge in [0.05, 0.1) is 5.69 Å². The highest BCUT2D eigenvalue weighted by molar-refractivity contribution is 5.44. The number of nitrogens with two attached hydrogens (primary N) is 1. The molecule has 78 valence electrons. The van der Waals surface area contributed by atoms with Gasteiger partial charge in [0, 0.05) is 12.2 Å². The first kappa shape index (κ1) is 9.45. The third-order valence-corrected chi connectivity index (χ3v) is 2.08. The van der Waals surface area contributed by atoms with Gasteiger partial charge < -0.3 is 5.73 Å². The SMILES string of the molecule is CCn1nnn(-c2ccc(N)cc2)c1=O. The molecule has 2 N–H and O–H groups in total. The summed E-state index contributed by atoms with van der Waals surface area (Å²) in [6.07, 6.45) is 0. The lowest BCUT2D eigenvalue weighted by molar-refractivity contribution is 0.609. The Morgan fingerprint density at radius 1 is 1.27 bits per heavy atom. The number of aryl methyl sites for hydroxylation is 1. The highest BCUT2D eigenvalue weighted by Crippen LogP contribution is 2.06. The van der Waals surface area contributed by atoms with Gasteiger partial charge in [-0.15, -0.1) is 0 Å². The molecule has 0 saturated heterocycles. The third-order valence-electron chi connectivity index (χ3n) is 2.08. The predicted octanol–water partition coefficient (Wildman–Crippen LogP) is 0.0311. The lowest BCUT2D eigenvalue weighted by Gasteiger charge is -1.98. The topological polar surface area (TPSA) is 78.7 Å². The van der Waals surface area contributed by atoms with E-state index in [1.165, 1.54) is 9.36 Å². The van der Waals surface area contributed by atoms with Gasteiger partial charge in [-0.3, -0.25) is 0 Å². The Morgan fingerprint density at radius 2 is 1.93 bits per heavy atom. The van der Waals surface area contributed by atoms with Crippen LogP contribution in [-0.4, -0.2) is 19.8 Å². The molecule has 0 amide bonds. The molecule has 0 spiro atoms. The minimum atomic E-state index is -0.248. The molecule has 0 atom stereocenters. The fraction of sp³-hybridized carbons (Fsp3) is 0.222. The maximum Gasteiger partial charge on any atom is 0.368 e. The number of nitrogen functional groups attached to an aromatic ring is 1. The zero-order valence-corrected chi connectivity index (χ0v) is 8.29. The van der Waals surface area contributed by atoms with Crippen molar-refractivity contribution in [2.24, 2.45) is 0 Å². The summed E-state index contributed by atoms with van der Waals surface area (Å²) >= 11 is 0. The Bertz CT molecular complexity index is 510. The first-order chi connectivity index (χ1) is 7.22. The van der Waals surface area contributed by atoms with Crippen molar-refractivity contribution < 1.29 is 0 Å². The zero-order valence-electron chi connectivity index (χ0n) is 8.29. The third kappa shape index (κ3) is 1.61. The first-order valence-electron chi connectivity index (χ1n) is 4.61. The number of aromatic nitrogens is 4. The molecule has 0 aliphatic rings. The lowest BCUT2D eigenvalue weighted by atomic mass is 10.3. The monoisotopic (exact) mass is 205 g/mol. The molecule has 1 aromatic heterocycles. The second-order valence-electron chi connectivity index (χ2n) is 3.08. The average Bonchev–Trinajstić information content (AvgIpc) is 2.61. The van der Waals surface area contributed by atoms with Crippen molar-refractivity contribution in [1.82, 2.24) is 19.8 Å². The molecular formula is C9H11N5O. The van der Waals surface area contributed by atoms with Gasteiger partial charge in [-0.2, -0.15) is 9.36 Å². The summed E-state index contributed by atoms with van der Waals surface area (Å²) in [6, 6.07) is 6.89. The van der Waals surface area contributed by atoms with Gasteiger partial charge in [0.2, 0.25) is 0 Å². The predicted molar refractivity (Wildman–Crippen MR) is 55.7 cm³/mol. The van der Waals surface area contributed by atoms with Gasteiger partial charge in [0.1, 0.15) is 0 Å². The summed E-state index contributed by atoms with van der Waals surface area (Å²) in [5.41, 5.74) is 6.61. The molecule has 0 fully saturated rings. The van der Waals surface area contributed by atoms with Crippen LogP contribution in [0, 0.1) is 0 Å². The minimum Gasteiger partial charge on any atom is -0.399 e. The first-order valence-corrected chi connectivity index (χ1v) is 4.61. The van der Waals surface area contributed by atoms with Gasteiger partial charge in [0.25, 0.3) is 0 Å². The molecule has 15 heavy (non-hydrogen) atoms. The molecule has 1 heterocycles. The minimum absolute atomic E-state index is 0.248. The second-order valence-corrected chi connectivity index (χ2v) is 3.08. The molecular weight excluding hydrogens is 194 g/mol. The van der Waals surface area contributed by atoms with Crippen LogP contribution in [0.15, 0.2) is 29.1 Å². The number of benzene rings is 1. The van der Waals surface area contributed by atoms with Crippen LogP contribution in [-0.2, 0) is 6.54 Å². The van der Waals surface area contributed by atoms with Crippen molar-refractivity contribution in [3.05, 3.63) is 34.7 Å². The van der Waals surface area contributed by atoms with Crippen molar-refractivity contribution in [1.29, 1.82) is 0 Å². The number of anilines is 1. The molecule has 1 aromatic carbocycles. The summed E-state index contributed by atoms with van der Waals surface area (Å²) < 4.78 is 2.53. The van der Waals surface area contributed by atoms with E-state index in [4.69, 9.17) is 5.73 Å². The van der Waals surface area contributed by atoms with Crippen LogP contribution < -0.4 is 11.4 Å². The van der Waals surface area contributed by atoms with Gasteiger partial charge in [-0.05, 0) is 41.6 Å². The number of hydrogen-bond acceptors (Lipinski definition) is 4. The van der Waals surface area contributed by atoms with Crippen LogP contribution in [0.1, 0.15) is 6.92 Å². The molecule has 0 saturated carbocycles. The molecule has 0 aliphatic carbocycles. The summed E-state index contributed by atoms with van der Waals surface area (Å²) in [5.74, 6) is 0. The molecule has 0 bridgehead atoms. The Labute approximate surface area is 85.9 Å². The van der Waals surface area contributed by atoms with E-state index in [0.717, 1.165) is 0 Å². The maximum atomic E-state index is 11.7. The molecule has 6 heteroatoms. The summed E-state index contributed by atoms with van der Waals surface area (Å²) in [7, 11) is 0. The number of nitrogens with zero attached hydrogens (tertiary/aromatic N) is 4. The lowest BCUT2D eigenvalue weighted by Crippen LogP contribution is -2.23. The Balaban J connectivity index is 2.50. The van der Waals surface area contributed by atoms with Crippen LogP contribution in [0.25, 0.3) is 5.69 Å². The molecule has 2 aromatic rings. The normalized spacial score (nSPS) is 10.5. The smallest absolute Gasteiger partial charge is 0.368 e. The van der Waals surface area contributed by atoms with Crippen molar-refractivity contribution in [2.45, 2.75) is 13.5 Å². The Hall–Kier alpha value is -2.11. The summed E-state index contributed by atoms with van der Waals surface area (Å²) in [6.45, 7) is 2.34. The number of hydrogen-bond donors (Lipinski definition) is 1. The average molecular weight is 205 g/mol. The fourth-order valence-electron chi connectivity index (χ4n) is 1.25. The van der Waals surface area contributed by atoms with Crippen LogP contribution in [0.3, 0.4) is 0 Å². The van der Waals surface area contributed by atoms with Crippen LogP contribution in [0.2, 0.25) is 0 Å². The Kier molecular flexibility index (Phi) is 2.24. The highest BCUT2D eigenvalue weighted by Gasteiger charge is 2.06. The van der Waals surface area contributed by atoms with E-state index in [2.05, 4.69) is 10.4 Å². The Morgan fingerprint density at radius 3 is 2.47 bits per heavy atom. The van der Waals surface area contributed by atoms with E-state index in [1.54, 1.807) is 24.3 Å². The zero-order chi connectivity index (χ0) is 10.8. The van der Waals surface area contributed by atoms with Crippen molar-refractivity contribution >= 4 is 5.69 Å². The quantitative estimate of drug-likeness (QED) is 0.701. The maximum absolute atomic E-state index is 11.7. The number of tetrazole rings is 1. The second kappa shape index (κ2) is 3.56. The number of rotatable bonds is 2. The van der Waals surface area contributed by atoms with Crippen LogP contribution in [0.5, 0.6) is 0 Å². The molecule has 2 rings (SSSR count). The van der Waals surface area contributed by atoms with E-state index in [-0.39, 0.29) is 5.69 Å². The van der Waals surface area contributed by atoms with Crippen LogP contribution in [0.4, 0.5) is 5.69 Å². The van der Waals surface area contributed by atoms with E-state index in [1.807, 2.05) is 6.92 Å². The van der Waals surface area contributed by atoms with Gasteiger partial charge >= 0.3 is 5.69 Å². The summed E-state index contributed by atoms with van der Waals surface area (Å²) in [4.78, 5) is 11.7. The largest absolute Gasteiger partial charge is 0.399 e. The van der Waals surface area contributed by atoms with Crippen molar-refractivity contribution in [3.63, 3.8) is 0 Å². The molecule has 0 unspecified atom stereocenters.